The Bertz CT molecular complexity index is 700. The van der Waals surface area contributed by atoms with Crippen molar-refractivity contribution < 1.29 is 17.6 Å². The summed E-state index contributed by atoms with van der Waals surface area (Å²) >= 11 is 0. The Morgan fingerprint density at radius 2 is 1.81 bits per heavy atom. The van der Waals surface area contributed by atoms with Gasteiger partial charge in [-0.05, 0) is 56.1 Å². The van der Waals surface area contributed by atoms with Crippen molar-refractivity contribution in [3.8, 4) is 0 Å². The van der Waals surface area contributed by atoms with Gasteiger partial charge in [-0.1, -0.05) is 0 Å². The molecule has 1 amide bonds. The molecule has 0 aliphatic carbocycles. The molecule has 0 aromatic heterocycles. The topological polar surface area (TPSA) is 69.7 Å². The molecular formula is C17H25ClFN3O3S. The van der Waals surface area contributed by atoms with Crippen molar-refractivity contribution in [3.05, 3.63) is 30.1 Å². The van der Waals surface area contributed by atoms with E-state index in [0.717, 1.165) is 38.1 Å². The summed E-state index contributed by atoms with van der Waals surface area (Å²) in [7, 11) is -3.63. The first-order valence-corrected chi connectivity index (χ1v) is 10.1. The van der Waals surface area contributed by atoms with E-state index in [4.69, 9.17) is 0 Å². The number of nitrogens with one attached hydrogen (secondary N) is 1. The predicted octanol–water partition coefficient (Wildman–Crippen LogP) is 1.47. The number of hydrogen-bond acceptors (Lipinski definition) is 4. The molecule has 0 bridgehead atoms. The van der Waals surface area contributed by atoms with Crippen molar-refractivity contribution in [1.29, 1.82) is 0 Å². The highest BCUT2D eigenvalue weighted by atomic mass is 35.5. The Balaban J connectivity index is 0.00000243. The SMILES string of the molecule is Cl.O=C(CCC1CCNC1)N1CCN(S(=O)(=O)c2ccc(F)cc2)CC1. The maximum absolute atomic E-state index is 13.0. The normalized spacial score (nSPS) is 21.4. The molecule has 1 aromatic rings. The van der Waals surface area contributed by atoms with E-state index in [-0.39, 0.29) is 36.3 Å². The molecule has 0 saturated carbocycles. The van der Waals surface area contributed by atoms with Crippen molar-refractivity contribution in [1.82, 2.24) is 14.5 Å². The number of rotatable bonds is 5. The minimum absolute atomic E-state index is 0. The Labute approximate surface area is 160 Å². The fraction of sp³-hybridized carbons (Fsp3) is 0.588. The number of amides is 1. The van der Waals surface area contributed by atoms with Gasteiger partial charge in [0.25, 0.3) is 0 Å². The van der Waals surface area contributed by atoms with Crippen LogP contribution in [-0.4, -0.2) is 62.8 Å². The molecule has 2 saturated heterocycles. The average molecular weight is 406 g/mol. The lowest BCUT2D eigenvalue weighted by Gasteiger charge is -2.34. The lowest BCUT2D eigenvalue weighted by atomic mass is 10.0. The van der Waals surface area contributed by atoms with E-state index in [1.54, 1.807) is 4.90 Å². The minimum atomic E-state index is -3.63. The molecule has 26 heavy (non-hydrogen) atoms. The number of sulfonamides is 1. The van der Waals surface area contributed by atoms with E-state index in [1.165, 1.54) is 16.4 Å². The van der Waals surface area contributed by atoms with Gasteiger partial charge in [0.2, 0.25) is 15.9 Å². The zero-order chi connectivity index (χ0) is 17.9. The van der Waals surface area contributed by atoms with E-state index in [0.29, 0.717) is 25.4 Å². The van der Waals surface area contributed by atoms with Gasteiger partial charge in [-0.2, -0.15) is 4.31 Å². The van der Waals surface area contributed by atoms with Crippen LogP contribution in [-0.2, 0) is 14.8 Å². The summed E-state index contributed by atoms with van der Waals surface area (Å²) in [5.74, 6) is 0.210. The van der Waals surface area contributed by atoms with Gasteiger partial charge in [0.05, 0.1) is 4.90 Å². The lowest BCUT2D eigenvalue weighted by molar-refractivity contribution is -0.132. The Kier molecular flexibility index (Phi) is 7.40. The first kappa shape index (κ1) is 21.1. The van der Waals surface area contributed by atoms with Gasteiger partial charge >= 0.3 is 0 Å². The third-order valence-corrected chi connectivity index (χ3v) is 6.88. The van der Waals surface area contributed by atoms with Gasteiger partial charge in [-0.25, -0.2) is 12.8 Å². The average Bonchev–Trinajstić information content (AvgIpc) is 3.14. The van der Waals surface area contributed by atoms with Crippen LogP contribution in [0.1, 0.15) is 19.3 Å². The zero-order valence-electron chi connectivity index (χ0n) is 14.6. The number of benzene rings is 1. The van der Waals surface area contributed by atoms with E-state index in [1.807, 2.05) is 0 Å². The molecule has 0 spiro atoms. The number of halogens is 2. The highest BCUT2D eigenvalue weighted by molar-refractivity contribution is 7.89. The first-order valence-electron chi connectivity index (χ1n) is 8.71. The van der Waals surface area contributed by atoms with Gasteiger partial charge in [0.15, 0.2) is 0 Å². The molecular weight excluding hydrogens is 381 g/mol. The van der Waals surface area contributed by atoms with Crippen LogP contribution in [0, 0.1) is 11.7 Å². The van der Waals surface area contributed by atoms with Gasteiger partial charge < -0.3 is 10.2 Å². The van der Waals surface area contributed by atoms with Crippen molar-refractivity contribution in [2.75, 3.05) is 39.3 Å². The van der Waals surface area contributed by atoms with Crippen LogP contribution in [0.3, 0.4) is 0 Å². The van der Waals surface area contributed by atoms with Crippen LogP contribution in [0.5, 0.6) is 0 Å². The first-order chi connectivity index (χ1) is 12.0. The maximum Gasteiger partial charge on any atom is 0.243 e. The molecule has 6 nitrogen and oxygen atoms in total. The molecule has 2 heterocycles. The summed E-state index contributed by atoms with van der Waals surface area (Å²) in [5.41, 5.74) is 0. The summed E-state index contributed by atoms with van der Waals surface area (Å²) in [6.07, 6.45) is 2.54. The van der Waals surface area contributed by atoms with E-state index >= 15 is 0 Å². The molecule has 2 aliphatic heterocycles. The Morgan fingerprint density at radius 1 is 1.15 bits per heavy atom. The van der Waals surface area contributed by atoms with E-state index in [2.05, 4.69) is 5.32 Å². The summed E-state index contributed by atoms with van der Waals surface area (Å²) in [6, 6.07) is 4.84. The number of carbonyl (C=O) groups excluding carboxylic acids is 1. The Hall–Kier alpha value is -1.22. The van der Waals surface area contributed by atoms with E-state index in [9.17, 15) is 17.6 Å². The van der Waals surface area contributed by atoms with Crippen LogP contribution in [0.2, 0.25) is 0 Å². The molecule has 1 N–H and O–H groups in total. The smallest absolute Gasteiger partial charge is 0.243 e. The second-order valence-corrected chi connectivity index (χ2v) is 8.57. The van der Waals surface area contributed by atoms with Crippen molar-refractivity contribution in [2.45, 2.75) is 24.2 Å². The van der Waals surface area contributed by atoms with Gasteiger partial charge in [-0.3, -0.25) is 4.79 Å². The van der Waals surface area contributed by atoms with Gasteiger partial charge in [0.1, 0.15) is 5.82 Å². The van der Waals surface area contributed by atoms with Crippen LogP contribution in [0.15, 0.2) is 29.2 Å². The zero-order valence-corrected chi connectivity index (χ0v) is 16.2. The van der Waals surface area contributed by atoms with E-state index < -0.39 is 15.8 Å². The van der Waals surface area contributed by atoms with Crippen LogP contribution in [0.4, 0.5) is 4.39 Å². The third kappa shape index (κ3) is 4.94. The highest BCUT2D eigenvalue weighted by Crippen LogP contribution is 2.19. The third-order valence-electron chi connectivity index (χ3n) is 4.97. The number of hydrogen-bond donors (Lipinski definition) is 1. The molecule has 1 aromatic carbocycles. The monoisotopic (exact) mass is 405 g/mol. The second-order valence-electron chi connectivity index (χ2n) is 6.64. The molecule has 0 radical (unpaired) electrons. The fourth-order valence-electron chi connectivity index (χ4n) is 3.38. The van der Waals surface area contributed by atoms with Crippen LogP contribution < -0.4 is 5.32 Å². The molecule has 2 aliphatic rings. The Morgan fingerprint density at radius 3 is 2.38 bits per heavy atom. The maximum atomic E-state index is 13.0. The number of piperazine rings is 1. The summed E-state index contributed by atoms with van der Waals surface area (Å²) in [5, 5.41) is 3.30. The summed E-state index contributed by atoms with van der Waals surface area (Å²) in [4.78, 5) is 14.1. The quantitative estimate of drug-likeness (QED) is 0.805. The predicted molar refractivity (Wildman–Crippen MR) is 99.2 cm³/mol. The molecule has 1 atom stereocenters. The van der Waals surface area contributed by atoms with Crippen molar-refractivity contribution in [2.24, 2.45) is 5.92 Å². The molecule has 2 fully saturated rings. The summed E-state index contributed by atoms with van der Waals surface area (Å²) < 4.78 is 39.5. The largest absolute Gasteiger partial charge is 0.340 e. The molecule has 146 valence electrons. The summed E-state index contributed by atoms with van der Waals surface area (Å²) in [6.45, 7) is 3.37. The molecule has 1 unspecified atom stereocenters. The number of nitrogens with zero attached hydrogens (tertiary/aromatic N) is 2. The van der Waals surface area contributed by atoms with Crippen molar-refractivity contribution in [3.63, 3.8) is 0 Å². The van der Waals surface area contributed by atoms with Crippen LogP contribution >= 0.6 is 12.4 Å². The van der Waals surface area contributed by atoms with Crippen LogP contribution in [0.25, 0.3) is 0 Å². The molecule has 3 rings (SSSR count). The van der Waals surface area contributed by atoms with Gasteiger partial charge in [-0.15, -0.1) is 12.4 Å². The highest BCUT2D eigenvalue weighted by Gasteiger charge is 2.30. The minimum Gasteiger partial charge on any atom is -0.340 e. The fourth-order valence-corrected chi connectivity index (χ4v) is 4.80. The standard InChI is InChI=1S/C17H24FN3O3S.ClH/c18-15-2-4-16(5-3-15)25(23,24)21-11-9-20(10-12-21)17(22)6-1-14-7-8-19-13-14;/h2-5,14,19H,1,6-13H2;1H. The lowest BCUT2D eigenvalue weighted by Crippen LogP contribution is -2.50. The van der Waals surface area contributed by atoms with Crippen molar-refractivity contribution >= 4 is 28.3 Å². The molecule has 9 heteroatoms. The second kappa shape index (κ2) is 9.12. The van der Waals surface area contributed by atoms with Gasteiger partial charge in [0, 0.05) is 32.6 Å². The number of carbonyl (C=O) groups is 1.